The lowest BCUT2D eigenvalue weighted by atomic mass is 10.2. The predicted molar refractivity (Wildman–Crippen MR) is 69.9 cm³/mol. The molecule has 0 aliphatic rings. The first-order valence-corrected chi connectivity index (χ1v) is 5.93. The first kappa shape index (κ1) is 12.4. The summed E-state index contributed by atoms with van der Waals surface area (Å²) in [7, 11) is 0. The van der Waals surface area contributed by atoms with Gasteiger partial charge in [-0.25, -0.2) is 15.1 Å². The van der Waals surface area contributed by atoms with Crippen molar-refractivity contribution in [3.05, 3.63) is 47.0 Å². The zero-order chi connectivity index (χ0) is 12.8. The first-order valence-electron chi connectivity index (χ1n) is 5.14. The Labute approximate surface area is 112 Å². The van der Waals surface area contributed by atoms with Crippen LogP contribution in [0.5, 0.6) is 0 Å². The van der Waals surface area contributed by atoms with Gasteiger partial charge in [0.05, 0.1) is 6.21 Å². The molecule has 18 heavy (non-hydrogen) atoms. The van der Waals surface area contributed by atoms with Gasteiger partial charge in [-0.1, -0.05) is 28.1 Å². The highest BCUT2D eigenvalue weighted by molar-refractivity contribution is 9.10. The summed E-state index contributed by atoms with van der Waals surface area (Å²) in [6, 6.07) is 7.59. The third-order valence-electron chi connectivity index (χ3n) is 2.02. The van der Waals surface area contributed by atoms with Gasteiger partial charge in [0.2, 0.25) is 0 Å². The molecule has 0 aliphatic heterocycles. The van der Waals surface area contributed by atoms with Crippen LogP contribution in [-0.2, 0) is 11.3 Å². The van der Waals surface area contributed by atoms with Crippen molar-refractivity contribution in [3.8, 4) is 0 Å². The van der Waals surface area contributed by atoms with E-state index in [0.717, 1.165) is 10.0 Å². The van der Waals surface area contributed by atoms with Crippen LogP contribution >= 0.6 is 15.9 Å². The molecule has 1 aromatic carbocycles. The molecule has 2 aromatic rings. The van der Waals surface area contributed by atoms with Crippen LogP contribution in [0.4, 0.5) is 0 Å². The topological polar surface area (TPSA) is 72.2 Å². The molecule has 0 aliphatic carbocycles. The van der Waals surface area contributed by atoms with Crippen LogP contribution < -0.4 is 5.43 Å². The molecule has 2 rings (SSSR count). The zero-order valence-corrected chi connectivity index (χ0v) is 10.9. The van der Waals surface area contributed by atoms with Gasteiger partial charge in [0, 0.05) is 4.47 Å². The third-order valence-corrected chi connectivity index (χ3v) is 2.52. The van der Waals surface area contributed by atoms with Crippen LogP contribution in [0.15, 0.2) is 46.5 Å². The second kappa shape index (κ2) is 6.06. The molecule has 0 bridgehead atoms. The van der Waals surface area contributed by atoms with Crippen molar-refractivity contribution in [3.63, 3.8) is 0 Å². The Balaban J connectivity index is 1.86. The smallest absolute Gasteiger partial charge is 0.261 e. The standard InChI is InChI=1S/C11H10BrN5O/c12-10-3-1-2-9(4-10)5-14-16-11(18)6-17-8-13-7-15-17/h1-5,7-8H,6H2,(H,16,18)/b14-5-. The summed E-state index contributed by atoms with van der Waals surface area (Å²) in [5, 5.41) is 7.68. The van der Waals surface area contributed by atoms with Gasteiger partial charge in [-0.3, -0.25) is 4.79 Å². The van der Waals surface area contributed by atoms with E-state index in [-0.39, 0.29) is 12.5 Å². The van der Waals surface area contributed by atoms with Crippen molar-refractivity contribution in [1.29, 1.82) is 0 Å². The van der Waals surface area contributed by atoms with E-state index >= 15 is 0 Å². The SMILES string of the molecule is O=C(Cn1cncn1)N/N=C\c1cccc(Br)c1. The number of hydrogen-bond donors (Lipinski definition) is 1. The van der Waals surface area contributed by atoms with E-state index in [4.69, 9.17) is 0 Å². The minimum atomic E-state index is -0.258. The van der Waals surface area contributed by atoms with Crippen LogP contribution in [0.3, 0.4) is 0 Å². The number of amides is 1. The van der Waals surface area contributed by atoms with Gasteiger partial charge < -0.3 is 0 Å². The number of hydrogen-bond acceptors (Lipinski definition) is 4. The Bertz CT molecular complexity index is 552. The number of halogens is 1. The second-order valence-electron chi connectivity index (χ2n) is 3.44. The number of hydrazone groups is 1. The fourth-order valence-electron chi connectivity index (χ4n) is 1.26. The van der Waals surface area contributed by atoms with Gasteiger partial charge in [0.1, 0.15) is 19.2 Å². The number of nitrogens with one attached hydrogen (secondary N) is 1. The van der Waals surface area contributed by atoms with Gasteiger partial charge >= 0.3 is 0 Å². The number of nitrogens with zero attached hydrogens (tertiary/aromatic N) is 4. The summed E-state index contributed by atoms with van der Waals surface area (Å²) in [6.45, 7) is 0.0931. The minimum Gasteiger partial charge on any atom is -0.271 e. The molecule has 0 unspecified atom stereocenters. The fraction of sp³-hybridized carbons (Fsp3) is 0.0909. The molecule has 0 atom stereocenters. The maximum absolute atomic E-state index is 11.4. The maximum Gasteiger partial charge on any atom is 0.261 e. The summed E-state index contributed by atoms with van der Waals surface area (Å²) in [5.74, 6) is -0.258. The molecular formula is C11H10BrN5O. The van der Waals surface area contributed by atoms with Gasteiger partial charge in [0.25, 0.3) is 5.91 Å². The van der Waals surface area contributed by atoms with Crippen molar-refractivity contribution >= 4 is 28.1 Å². The monoisotopic (exact) mass is 307 g/mol. The molecule has 7 heteroatoms. The third kappa shape index (κ3) is 3.77. The molecule has 92 valence electrons. The average molecular weight is 308 g/mol. The Morgan fingerprint density at radius 1 is 1.56 bits per heavy atom. The molecule has 1 heterocycles. The van der Waals surface area contributed by atoms with Crippen molar-refractivity contribution in [2.45, 2.75) is 6.54 Å². The summed E-state index contributed by atoms with van der Waals surface area (Å²) < 4.78 is 2.38. The van der Waals surface area contributed by atoms with Crippen molar-refractivity contribution in [1.82, 2.24) is 20.2 Å². The van der Waals surface area contributed by atoms with Crippen molar-refractivity contribution in [2.75, 3.05) is 0 Å². The lowest BCUT2D eigenvalue weighted by molar-refractivity contribution is -0.121. The molecule has 1 aromatic heterocycles. The summed E-state index contributed by atoms with van der Waals surface area (Å²) in [4.78, 5) is 15.2. The minimum absolute atomic E-state index is 0.0931. The van der Waals surface area contributed by atoms with Gasteiger partial charge in [0.15, 0.2) is 0 Å². The Morgan fingerprint density at radius 2 is 2.44 bits per heavy atom. The molecule has 0 saturated carbocycles. The lowest BCUT2D eigenvalue weighted by Crippen LogP contribution is -2.23. The Hall–Kier alpha value is -2.02. The van der Waals surface area contributed by atoms with E-state index in [9.17, 15) is 4.79 Å². The van der Waals surface area contributed by atoms with Crippen LogP contribution in [0.25, 0.3) is 0 Å². The molecule has 0 radical (unpaired) electrons. The van der Waals surface area contributed by atoms with Crippen molar-refractivity contribution < 1.29 is 4.79 Å². The fourth-order valence-corrected chi connectivity index (χ4v) is 1.68. The summed E-state index contributed by atoms with van der Waals surface area (Å²) >= 11 is 3.36. The number of aromatic nitrogens is 3. The van der Waals surface area contributed by atoms with Gasteiger partial charge in [-0.05, 0) is 17.7 Å². The van der Waals surface area contributed by atoms with Crippen molar-refractivity contribution in [2.24, 2.45) is 5.10 Å². The average Bonchev–Trinajstić information content (AvgIpc) is 2.82. The molecule has 0 spiro atoms. The van der Waals surface area contributed by atoms with Crippen LogP contribution in [0.2, 0.25) is 0 Å². The van der Waals surface area contributed by atoms with Crippen LogP contribution in [0, 0.1) is 0 Å². The molecular weight excluding hydrogens is 298 g/mol. The number of carbonyl (C=O) groups is 1. The molecule has 0 fully saturated rings. The maximum atomic E-state index is 11.4. The Kier molecular flexibility index (Phi) is 4.19. The van der Waals surface area contributed by atoms with E-state index in [1.54, 1.807) is 6.21 Å². The van der Waals surface area contributed by atoms with Gasteiger partial charge in [-0.15, -0.1) is 0 Å². The molecule has 1 N–H and O–H groups in total. The number of rotatable bonds is 4. The summed E-state index contributed by atoms with van der Waals surface area (Å²) in [5.41, 5.74) is 3.31. The molecule has 0 saturated heterocycles. The molecule has 1 amide bonds. The summed E-state index contributed by atoms with van der Waals surface area (Å²) in [6.07, 6.45) is 4.42. The van der Waals surface area contributed by atoms with E-state index in [2.05, 4.69) is 36.5 Å². The van der Waals surface area contributed by atoms with E-state index in [1.807, 2.05) is 24.3 Å². The second-order valence-corrected chi connectivity index (χ2v) is 4.36. The van der Waals surface area contributed by atoms with Crippen LogP contribution in [-0.4, -0.2) is 26.9 Å². The quantitative estimate of drug-likeness (QED) is 0.681. The highest BCUT2D eigenvalue weighted by Gasteiger charge is 2.00. The zero-order valence-electron chi connectivity index (χ0n) is 9.32. The predicted octanol–water partition coefficient (Wildman–Crippen LogP) is 1.19. The molecule has 6 nitrogen and oxygen atoms in total. The Morgan fingerprint density at radius 3 is 3.17 bits per heavy atom. The van der Waals surface area contributed by atoms with E-state index in [0.29, 0.717) is 0 Å². The number of benzene rings is 1. The van der Waals surface area contributed by atoms with E-state index < -0.39 is 0 Å². The lowest BCUT2D eigenvalue weighted by Gasteiger charge is -1.99. The van der Waals surface area contributed by atoms with Crippen LogP contribution in [0.1, 0.15) is 5.56 Å². The van der Waals surface area contributed by atoms with Gasteiger partial charge in [-0.2, -0.15) is 10.2 Å². The normalized spacial score (nSPS) is 10.7. The highest BCUT2D eigenvalue weighted by Crippen LogP contribution is 2.09. The van der Waals surface area contributed by atoms with E-state index in [1.165, 1.54) is 17.3 Å². The first-order chi connectivity index (χ1) is 8.74. The number of carbonyl (C=O) groups excluding carboxylic acids is 1. The largest absolute Gasteiger partial charge is 0.271 e. The highest BCUT2D eigenvalue weighted by atomic mass is 79.9.